The molecule has 2 N–H and O–H groups in total. The number of aromatic nitrogens is 2. The normalized spacial score (nSPS) is 14.4. The van der Waals surface area contributed by atoms with Crippen LogP contribution in [-0.4, -0.2) is 56.9 Å². The largest absolute Gasteiger partial charge is 0.480 e. The number of aryl methyl sites for hydroxylation is 1. The number of fused-ring (bicyclic) bond motifs is 4. The molecule has 8 heteroatoms. The van der Waals surface area contributed by atoms with E-state index in [-0.39, 0.29) is 32.2 Å². The van der Waals surface area contributed by atoms with Crippen molar-refractivity contribution in [1.29, 1.82) is 0 Å². The highest BCUT2D eigenvalue weighted by atomic mass is 16.6. The van der Waals surface area contributed by atoms with Crippen LogP contribution in [0.4, 0.5) is 4.79 Å². The van der Waals surface area contributed by atoms with Gasteiger partial charge in [0.15, 0.2) is 0 Å². The fraction of sp³-hybridized carbons (Fsp3) is 0.364. The van der Waals surface area contributed by atoms with E-state index in [9.17, 15) is 14.7 Å². The second-order valence-corrected chi connectivity index (χ2v) is 11.9. The number of carboxylic acid groups (broad SMARTS) is 1. The lowest BCUT2D eigenvalue weighted by Gasteiger charge is -2.39. The number of carbonyl (C=O) groups is 2. The predicted molar refractivity (Wildman–Crippen MR) is 160 cm³/mol. The van der Waals surface area contributed by atoms with Gasteiger partial charge in [-0.1, -0.05) is 81.4 Å². The van der Waals surface area contributed by atoms with Crippen LogP contribution in [0.1, 0.15) is 50.6 Å². The van der Waals surface area contributed by atoms with Crippen LogP contribution in [0.2, 0.25) is 0 Å². The second-order valence-electron chi connectivity index (χ2n) is 11.9. The van der Waals surface area contributed by atoms with E-state index < -0.39 is 23.0 Å². The second kappa shape index (κ2) is 11.0. The minimum Gasteiger partial charge on any atom is -0.480 e. The minimum atomic E-state index is -1.18. The summed E-state index contributed by atoms with van der Waals surface area (Å²) in [4.78, 5) is 32.2. The Morgan fingerprint density at radius 2 is 1.54 bits per heavy atom. The maximum atomic E-state index is 13.7. The minimum absolute atomic E-state index is 0.0572. The number of benzene rings is 3. The number of para-hydroxylation sites is 2. The number of hydrogen-bond donors (Lipinski definition) is 2. The van der Waals surface area contributed by atoms with Crippen LogP contribution < -0.4 is 5.32 Å². The zero-order valence-electron chi connectivity index (χ0n) is 24.3. The van der Waals surface area contributed by atoms with Gasteiger partial charge in [0.2, 0.25) is 0 Å². The van der Waals surface area contributed by atoms with Crippen LogP contribution in [0.15, 0.2) is 72.8 Å². The molecule has 1 aliphatic carbocycles. The molecule has 214 valence electrons. The molecule has 4 aromatic rings. The first-order valence-corrected chi connectivity index (χ1v) is 14.0. The topological polar surface area (TPSA) is 96.7 Å². The lowest BCUT2D eigenvalue weighted by Crippen LogP contribution is -2.59. The van der Waals surface area contributed by atoms with E-state index in [1.54, 1.807) is 11.8 Å². The molecule has 1 heterocycles. The predicted octanol–water partition coefficient (Wildman–Crippen LogP) is 5.80. The van der Waals surface area contributed by atoms with Crippen molar-refractivity contribution in [2.45, 2.75) is 45.7 Å². The average molecular weight is 555 g/mol. The Bertz CT molecular complexity index is 1540. The fourth-order valence-corrected chi connectivity index (χ4v) is 5.53. The first kappa shape index (κ1) is 28.4. The monoisotopic (exact) mass is 554 g/mol. The molecular formula is C33H38N4O4. The van der Waals surface area contributed by atoms with E-state index in [4.69, 9.17) is 9.72 Å². The molecule has 8 nitrogen and oxygen atoms in total. The number of hydrogen-bond acceptors (Lipinski definition) is 5. The molecule has 0 bridgehead atoms. The zero-order chi connectivity index (χ0) is 29.4. The van der Waals surface area contributed by atoms with Gasteiger partial charge in [-0.15, -0.1) is 0 Å². The van der Waals surface area contributed by atoms with Crippen molar-refractivity contribution < 1.29 is 19.4 Å². The Kier molecular flexibility index (Phi) is 7.62. The Labute approximate surface area is 241 Å². The molecule has 1 aliphatic rings. The van der Waals surface area contributed by atoms with Gasteiger partial charge >= 0.3 is 12.1 Å². The fourth-order valence-electron chi connectivity index (χ4n) is 5.53. The lowest BCUT2D eigenvalue weighted by atomic mass is 9.75. The van der Waals surface area contributed by atoms with Gasteiger partial charge < -0.3 is 14.4 Å². The molecule has 0 saturated heterocycles. The Morgan fingerprint density at radius 3 is 2.12 bits per heavy atom. The van der Waals surface area contributed by atoms with E-state index in [1.165, 1.54) is 11.1 Å². The van der Waals surface area contributed by atoms with Crippen molar-refractivity contribution in [2.75, 3.05) is 19.7 Å². The molecule has 1 aromatic heterocycles. The third kappa shape index (κ3) is 5.32. The van der Waals surface area contributed by atoms with Crippen molar-refractivity contribution in [3.63, 3.8) is 0 Å². The summed E-state index contributed by atoms with van der Waals surface area (Å²) in [7, 11) is 1.93. The summed E-state index contributed by atoms with van der Waals surface area (Å²) in [5.41, 5.74) is 4.71. The van der Waals surface area contributed by atoms with Crippen molar-refractivity contribution in [3.05, 3.63) is 89.7 Å². The van der Waals surface area contributed by atoms with Gasteiger partial charge in [0.1, 0.15) is 18.0 Å². The molecule has 0 radical (unpaired) electrons. The first-order valence-electron chi connectivity index (χ1n) is 14.0. The number of rotatable bonds is 9. The number of nitrogens with one attached hydrogen (secondary N) is 1. The summed E-state index contributed by atoms with van der Waals surface area (Å²) in [6, 6.07) is 24.3. The number of nitrogens with zero attached hydrogens (tertiary/aromatic N) is 3. The maximum Gasteiger partial charge on any atom is 0.410 e. The van der Waals surface area contributed by atoms with Gasteiger partial charge in [0.05, 0.1) is 17.6 Å². The number of carbonyl (C=O) groups excluding carboxylic acids is 1. The van der Waals surface area contributed by atoms with E-state index in [0.717, 1.165) is 28.0 Å². The standard InChI is InChI=1S/C33H38N4O4/c1-32(2,3)33(4,30(38)39)34-18-19-37(20-29-35-27-16-10-11-17-28(27)36(29)5)31(40)41-21-26-24-14-8-6-12-22(24)23-13-7-9-15-25(23)26/h6-17,26,34H,18-21H2,1-5H3,(H,38,39)/t33-/m1/s1. The maximum absolute atomic E-state index is 13.7. The van der Waals surface area contributed by atoms with Crippen LogP contribution in [-0.2, 0) is 23.1 Å². The molecule has 0 saturated carbocycles. The van der Waals surface area contributed by atoms with Gasteiger partial charge in [0.25, 0.3) is 0 Å². The highest BCUT2D eigenvalue weighted by molar-refractivity contribution is 5.80. The number of amides is 1. The molecule has 0 fully saturated rings. The quantitative estimate of drug-likeness (QED) is 0.271. The van der Waals surface area contributed by atoms with Gasteiger partial charge in [-0.2, -0.15) is 0 Å². The molecular weight excluding hydrogens is 516 g/mol. The van der Waals surface area contributed by atoms with Crippen LogP contribution in [0.5, 0.6) is 0 Å². The van der Waals surface area contributed by atoms with Crippen molar-refractivity contribution >= 4 is 23.1 Å². The third-order valence-electron chi connectivity index (χ3n) is 8.59. The first-order chi connectivity index (χ1) is 19.5. The highest BCUT2D eigenvalue weighted by Crippen LogP contribution is 2.44. The summed E-state index contributed by atoms with van der Waals surface area (Å²) >= 11 is 0. The van der Waals surface area contributed by atoms with Crippen LogP contribution in [0.3, 0.4) is 0 Å². The summed E-state index contributed by atoms with van der Waals surface area (Å²) in [6.45, 7) is 8.28. The Balaban J connectivity index is 1.36. The highest BCUT2D eigenvalue weighted by Gasteiger charge is 2.44. The van der Waals surface area contributed by atoms with Crippen LogP contribution >= 0.6 is 0 Å². The number of aliphatic carboxylic acids is 1. The summed E-state index contributed by atoms with van der Waals surface area (Å²) in [5, 5.41) is 13.2. The number of carboxylic acids is 1. The van der Waals surface area contributed by atoms with Gasteiger partial charge in [0, 0.05) is 26.1 Å². The zero-order valence-corrected chi connectivity index (χ0v) is 24.3. The van der Waals surface area contributed by atoms with Gasteiger partial charge in [-0.3, -0.25) is 15.0 Å². The van der Waals surface area contributed by atoms with Gasteiger partial charge in [-0.05, 0) is 46.7 Å². The smallest absolute Gasteiger partial charge is 0.410 e. The van der Waals surface area contributed by atoms with Crippen molar-refractivity contribution in [2.24, 2.45) is 12.5 Å². The van der Waals surface area contributed by atoms with E-state index >= 15 is 0 Å². The molecule has 3 aromatic carbocycles. The molecule has 0 unspecified atom stereocenters. The summed E-state index contributed by atoms with van der Waals surface area (Å²) < 4.78 is 7.97. The van der Waals surface area contributed by atoms with Crippen molar-refractivity contribution in [1.82, 2.24) is 19.8 Å². The van der Waals surface area contributed by atoms with E-state index in [0.29, 0.717) is 0 Å². The number of imidazole rings is 1. The van der Waals surface area contributed by atoms with Gasteiger partial charge in [-0.25, -0.2) is 9.78 Å². The average Bonchev–Trinajstić information content (AvgIpc) is 3.44. The Hall–Kier alpha value is -4.17. The molecule has 1 atom stereocenters. The summed E-state index contributed by atoms with van der Waals surface area (Å²) in [6.07, 6.45) is -0.464. The number of ether oxygens (including phenoxy) is 1. The van der Waals surface area contributed by atoms with Crippen LogP contribution in [0.25, 0.3) is 22.2 Å². The van der Waals surface area contributed by atoms with E-state index in [2.05, 4.69) is 29.6 Å². The Morgan fingerprint density at radius 1 is 0.951 bits per heavy atom. The van der Waals surface area contributed by atoms with E-state index in [1.807, 2.05) is 80.9 Å². The molecule has 0 aliphatic heterocycles. The van der Waals surface area contributed by atoms with Crippen molar-refractivity contribution in [3.8, 4) is 11.1 Å². The molecule has 41 heavy (non-hydrogen) atoms. The van der Waals surface area contributed by atoms with Crippen LogP contribution in [0, 0.1) is 5.41 Å². The molecule has 1 amide bonds. The third-order valence-corrected chi connectivity index (χ3v) is 8.59. The SMILES string of the molecule is Cn1c(CN(CCN[C@](C)(C(=O)O)C(C)(C)C)C(=O)OCC2c3ccccc3-c3ccccc32)nc2ccccc21. The summed E-state index contributed by atoms with van der Waals surface area (Å²) in [5.74, 6) is -0.275. The molecule has 0 spiro atoms. The lowest BCUT2D eigenvalue weighted by molar-refractivity contribution is -0.149. The molecule has 5 rings (SSSR count).